The van der Waals surface area contributed by atoms with E-state index in [1.165, 1.54) is 24.0 Å². The van der Waals surface area contributed by atoms with Crippen LogP contribution >= 0.6 is 15.9 Å². The van der Waals surface area contributed by atoms with Gasteiger partial charge in [-0.3, -0.25) is 0 Å². The number of fused-ring (bicyclic) bond motifs is 1. The number of hydrogen-bond acceptors (Lipinski definition) is 1. The van der Waals surface area contributed by atoms with Gasteiger partial charge in [0.1, 0.15) is 11.9 Å². The highest BCUT2D eigenvalue weighted by atomic mass is 79.9. The maximum Gasteiger partial charge on any atom is 0.123 e. The molecule has 106 valence electrons. The highest BCUT2D eigenvalue weighted by molar-refractivity contribution is 9.09. The first-order valence-corrected chi connectivity index (χ1v) is 8.18. The third kappa shape index (κ3) is 3.98. The molecule has 2 unspecified atom stereocenters. The fourth-order valence-corrected chi connectivity index (χ4v) is 2.89. The lowest BCUT2D eigenvalue weighted by Gasteiger charge is -2.25. The minimum Gasteiger partial charge on any atom is -0.490 e. The minimum atomic E-state index is 0.344. The van der Waals surface area contributed by atoms with Crippen LogP contribution in [0.1, 0.15) is 51.2 Å². The van der Waals surface area contributed by atoms with Gasteiger partial charge in [0.2, 0.25) is 0 Å². The Kier molecular flexibility index (Phi) is 4.60. The molecule has 1 nitrogen and oxygen atoms in total. The summed E-state index contributed by atoms with van der Waals surface area (Å²) in [7, 11) is 0. The minimum absolute atomic E-state index is 0.344. The summed E-state index contributed by atoms with van der Waals surface area (Å²) in [6.45, 7) is 9.01. The molecule has 0 aromatic heterocycles. The number of alkyl halides is 1. The largest absolute Gasteiger partial charge is 0.490 e. The van der Waals surface area contributed by atoms with Crippen molar-refractivity contribution in [3.05, 3.63) is 29.3 Å². The summed E-state index contributed by atoms with van der Waals surface area (Å²) in [6, 6.07) is 6.51. The Morgan fingerprint density at radius 1 is 1.37 bits per heavy atom. The van der Waals surface area contributed by atoms with Gasteiger partial charge >= 0.3 is 0 Å². The number of benzene rings is 1. The summed E-state index contributed by atoms with van der Waals surface area (Å²) < 4.78 is 6.01. The average molecular weight is 325 g/mol. The predicted octanol–water partition coefficient (Wildman–Crippen LogP) is 5.28. The molecule has 0 amide bonds. The first kappa shape index (κ1) is 14.9. The van der Waals surface area contributed by atoms with Gasteiger partial charge in [0.25, 0.3) is 0 Å². The van der Waals surface area contributed by atoms with Crippen LogP contribution in [0.4, 0.5) is 0 Å². The first-order valence-electron chi connectivity index (χ1n) is 7.26. The van der Waals surface area contributed by atoms with Gasteiger partial charge in [-0.2, -0.15) is 0 Å². The van der Waals surface area contributed by atoms with Crippen molar-refractivity contribution in [1.82, 2.24) is 0 Å². The number of aryl methyl sites for hydroxylation is 1. The molecule has 0 N–H and O–H groups in total. The maximum atomic E-state index is 6.01. The predicted molar refractivity (Wildman–Crippen MR) is 85.3 cm³/mol. The highest BCUT2D eigenvalue weighted by Gasteiger charge is 2.25. The van der Waals surface area contributed by atoms with Crippen LogP contribution in [0.3, 0.4) is 0 Å². The van der Waals surface area contributed by atoms with Crippen molar-refractivity contribution in [1.29, 1.82) is 0 Å². The van der Waals surface area contributed by atoms with Crippen molar-refractivity contribution in [2.45, 2.75) is 64.3 Å². The van der Waals surface area contributed by atoms with Crippen LogP contribution in [0, 0.1) is 12.3 Å². The van der Waals surface area contributed by atoms with Crippen molar-refractivity contribution in [3.8, 4) is 5.75 Å². The van der Waals surface area contributed by atoms with E-state index < -0.39 is 0 Å². The van der Waals surface area contributed by atoms with E-state index in [9.17, 15) is 0 Å². The van der Waals surface area contributed by atoms with Crippen LogP contribution in [-0.2, 0) is 6.42 Å². The molecule has 0 saturated carbocycles. The van der Waals surface area contributed by atoms with Crippen LogP contribution in [0.5, 0.6) is 5.75 Å². The lowest BCUT2D eigenvalue weighted by atomic mass is 9.89. The molecule has 1 heterocycles. The van der Waals surface area contributed by atoms with E-state index in [1.807, 2.05) is 0 Å². The van der Waals surface area contributed by atoms with Crippen LogP contribution < -0.4 is 4.74 Å². The molecule has 0 saturated heterocycles. The van der Waals surface area contributed by atoms with Crippen LogP contribution in [0.2, 0.25) is 0 Å². The molecule has 1 aliphatic heterocycles. The summed E-state index contributed by atoms with van der Waals surface area (Å²) >= 11 is 3.80. The van der Waals surface area contributed by atoms with Gasteiger partial charge in [-0.25, -0.2) is 0 Å². The van der Waals surface area contributed by atoms with E-state index >= 15 is 0 Å². The molecular weight excluding hydrogens is 300 g/mol. The zero-order valence-electron chi connectivity index (χ0n) is 12.5. The first-order chi connectivity index (χ1) is 8.86. The molecule has 2 rings (SSSR count). The van der Waals surface area contributed by atoms with Crippen molar-refractivity contribution in [2.24, 2.45) is 5.41 Å². The van der Waals surface area contributed by atoms with Crippen molar-refractivity contribution in [3.63, 3.8) is 0 Å². The molecule has 2 heteroatoms. The van der Waals surface area contributed by atoms with E-state index in [0.717, 1.165) is 18.6 Å². The molecule has 0 bridgehead atoms. The summed E-state index contributed by atoms with van der Waals surface area (Å²) in [5.74, 6) is 1.10. The van der Waals surface area contributed by atoms with Gasteiger partial charge in [0, 0.05) is 11.2 Å². The monoisotopic (exact) mass is 324 g/mol. The van der Waals surface area contributed by atoms with Crippen LogP contribution in [-0.4, -0.2) is 10.9 Å². The quantitative estimate of drug-likeness (QED) is 0.685. The number of halogens is 1. The lowest BCUT2D eigenvalue weighted by molar-refractivity contribution is 0.214. The fraction of sp³-hybridized carbons (Fsp3) is 0.647. The summed E-state index contributed by atoms with van der Waals surface area (Å²) in [6.07, 6.45) is 5.08. The molecule has 19 heavy (non-hydrogen) atoms. The zero-order valence-corrected chi connectivity index (χ0v) is 14.1. The normalized spacial score (nSPS) is 19.9. The molecule has 0 aliphatic carbocycles. The third-order valence-electron chi connectivity index (χ3n) is 3.88. The molecule has 1 aromatic rings. The lowest BCUT2D eigenvalue weighted by Crippen LogP contribution is -2.21. The van der Waals surface area contributed by atoms with Gasteiger partial charge in [-0.1, -0.05) is 54.4 Å². The van der Waals surface area contributed by atoms with Crippen LogP contribution in [0.25, 0.3) is 0 Å². The number of ether oxygens (including phenoxy) is 1. The molecule has 0 spiro atoms. The van der Waals surface area contributed by atoms with Gasteiger partial charge < -0.3 is 4.74 Å². The molecule has 1 aromatic carbocycles. The Balaban J connectivity index is 1.78. The zero-order chi connectivity index (χ0) is 14.0. The van der Waals surface area contributed by atoms with E-state index in [1.54, 1.807) is 0 Å². The topological polar surface area (TPSA) is 9.23 Å². The molecular formula is C17H25BrO. The molecule has 0 radical (unpaired) electrons. The summed E-state index contributed by atoms with van der Waals surface area (Å²) in [4.78, 5) is 0.589. The smallest absolute Gasteiger partial charge is 0.123 e. The third-order valence-corrected chi connectivity index (χ3v) is 5.71. The molecule has 2 atom stereocenters. The second-order valence-electron chi connectivity index (χ2n) is 6.82. The standard InChI is InChI=1S/C17H25BrO/c1-12-8-9-15-13(10-12)11-14(19-15)6-5-7-16(18)17(2,3)4/h8-10,14,16H,5-7,11H2,1-4H3. The van der Waals surface area contributed by atoms with Gasteiger partial charge in [0.05, 0.1) is 0 Å². The average Bonchev–Trinajstić information content (AvgIpc) is 2.69. The number of hydrogen-bond donors (Lipinski definition) is 0. The Bertz CT molecular complexity index is 433. The van der Waals surface area contributed by atoms with Crippen LogP contribution in [0.15, 0.2) is 18.2 Å². The Morgan fingerprint density at radius 3 is 2.79 bits per heavy atom. The second-order valence-corrected chi connectivity index (χ2v) is 7.92. The highest BCUT2D eigenvalue weighted by Crippen LogP contribution is 2.33. The molecule has 1 aliphatic rings. The van der Waals surface area contributed by atoms with Crippen molar-refractivity contribution < 1.29 is 4.74 Å². The Labute approximate surface area is 125 Å². The fourth-order valence-electron chi connectivity index (χ4n) is 2.57. The molecule has 0 fully saturated rings. The van der Waals surface area contributed by atoms with E-state index in [0.29, 0.717) is 16.3 Å². The van der Waals surface area contributed by atoms with E-state index in [4.69, 9.17) is 4.74 Å². The van der Waals surface area contributed by atoms with Crippen molar-refractivity contribution >= 4 is 15.9 Å². The van der Waals surface area contributed by atoms with E-state index in [2.05, 4.69) is 61.8 Å². The van der Waals surface area contributed by atoms with Gasteiger partial charge in [-0.15, -0.1) is 0 Å². The Morgan fingerprint density at radius 2 is 2.11 bits per heavy atom. The number of rotatable bonds is 4. The van der Waals surface area contributed by atoms with Gasteiger partial charge in [-0.05, 0) is 43.2 Å². The summed E-state index contributed by atoms with van der Waals surface area (Å²) in [5.41, 5.74) is 3.06. The maximum absolute atomic E-state index is 6.01. The van der Waals surface area contributed by atoms with E-state index in [-0.39, 0.29) is 0 Å². The Hall–Kier alpha value is -0.500. The SMILES string of the molecule is Cc1ccc2c(c1)CC(CCCC(Br)C(C)(C)C)O2. The summed E-state index contributed by atoms with van der Waals surface area (Å²) in [5, 5.41) is 0. The second kappa shape index (κ2) is 5.87. The van der Waals surface area contributed by atoms with Gasteiger partial charge in [0.15, 0.2) is 0 Å². The van der Waals surface area contributed by atoms with Crippen molar-refractivity contribution in [2.75, 3.05) is 0 Å².